The summed E-state index contributed by atoms with van der Waals surface area (Å²) in [6.45, 7) is 3.00. The van der Waals surface area contributed by atoms with Crippen molar-refractivity contribution in [1.82, 2.24) is 10.6 Å². The molecule has 3 heteroatoms. The van der Waals surface area contributed by atoms with Gasteiger partial charge in [-0.25, -0.2) is 0 Å². The maximum absolute atomic E-state index is 12.4. The van der Waals surface area contributed by atoms with Crippen molar-refractivity contribution >= 4 is 5.91 Å². The number of carbonyl (C=O) groups is 1. The van der Waals surface area contributed by atoms with E-state index in [2.05, 4.69) is 41.8 Å². The average molecular weight is 312 g/mol. The summed E-state index contributed by atoms with van der Waals surface area (Å²) in [5.41, 5.74) is 3.00. The number of benzene rings is 1. The third-order valence-corrected chi connectivity index (χ3v) is 6.24. The summed E-state index contributed by atoms with van der Waals surface area (Å²) >= 11 is 0. The molecule has 124 valence electrons. The van der Waals surface area contributed by atoms with Crippen LogP contribution in [-0.4, -0.2) is 24.5 Å². The zero-order chi connectivity index (χ0) is 15.9. The summed E-state index contributed by atoms with van der Waals surface area (Å²) in [6, 6.07) is 9.98. The molecule has 0 aromatic heterocycles. The van der Waals surface area contributed by atoms with Crippen molar-refractivity contribution in [3.8, 4) is 0 Å². The summed E-state index contributed by atoms with van der Waals surface area (Å²) in [6.07, 6.45) is 8.11. The first-order chi connectivity index (χ1) is 11.1. The first-order valence-corrected chi connectivity index (χ1v) is 9.23. The number of hydrogen-bond acceptors (Lipinski definition) is 2. The molecule has 4 rings (SSSR count). The minimum Gasteiger partial charge on any atom is -0.355 e. The monoisotopic (exact) mass is 312 g/mol. The lowest BCUT2D eigenvalue weighted by Gasteiger charge is -2.29. The molecule has 2 N–H and O–H groups in total. The van der Waals surface area contributed by atoms with Crippen LogP contribution in [0.3, 0.4) is 0 Å². The highest BCUT2D eigenvalue weighted by atomic mass is 16.1. The summed E-state index contributed by atoms with van der Waals surface area (Å²) in [5, 5.41) is 6.90. The smallest absolute Gasteiger partial charge is 0.220 e. The molecule has 2 bridgehead atoms. The van der Waals surface area contributed by atoms with Gasteiger partial charge in [0, 0.05) is 30.5 Å². The van der Waals surface area contributed by atoms with Crippen LogP contribution in [0.15, 0.2) is 24.3 Å². The maximum Gasteiger partial charge on any atom is 0.220 e. The molecule has 2 unspecified atom stereocenters. The van der Waals surface area contributed by atoms with Crippen molar-refractivity contribution in [1.29, 1.82) is 0 Å². The number of aryl methyl sites for hydroxylation is 1. The number of amides is 1. The first-order valence-electron chi connectivity index (χ1n) is 9.23. The molecular weight excluding hydrogens is 284 g/mol. The molecule has 1 saturated carbocycles. The number of carbonyl (C=O) groups excluding carboxylic acids is 1. The highest BCUT2D eigenvalue weighted by Gasteiger charge is 2.45. The van der Waals surface area contributed by atoms with Gasteiger partial charge in [-0.3, -0.25) is 4.79 Å². The Balaban J connectivity index is 1.31. The third kappa shape index (κ3) is 3.16. The zero-order valence-corrected chi connectivity index (χ0v) is 14.1. The molecule has 1 aliphatic carbocycles. The fourth-order valence-electron chi connectivity index (χ4n) is 4.80. The second-order valence-electron chi connectivity index (χ2n) is 8.05. The van der Waals surface area contributed by atoms with Crippen LogP contribution in [0.25, 0.3) is 0 Å². The number of hydrogen-bond donors (Lipinski definition) is 2. The highest BCUT2D eigenvalue weighted by Crippen LogP contribution is 2.48. The first kappa shape index (κ1) is 15.2. The Morgan fingerprint density at radius 2 is 1.91 bits per heavy atom. The van der Waals surface area contributed by atoms with Crippen molar-refractivity contribution in [3.05, 3.63) is 35.4 Å². The van der Waals surface area contributed by atoms with Crippen LogP contribution in [0.5, 0.6) is 0 Å². The normalized spacial score (nSPS) is 30.9. The zero-order valence-electron chi connectivity index (χ0n) is 14.1. The van der Waals surface area contributed by atoms with Gasteiger partial charge in [0.1, 0.15) is 0 Å². The van der Waals surface area contributed by atoms with E-state index in [-0.39, 0.29) is 11.3 Å². The number of nitrogens with one attached hydrogen (secondary N) is 2. The molecule has 0 spiro atoms. The van der Waals surface area contributed by atoms with E-state index in [1.807, 2.05) is 0 Å². The van der Waals surface area contributed by atoms with Gasteiger partial charge in [0.05, 0.1) is 0 Å². The number of rotatable bonds is 5. The van der Waals surface area contributed by atoms with E-state index in [9.17, 15) is 4.79 Å². The summed E-state index contributed by atoms with van der Waals surface area (Å²) in [7, 11) is 0. The van der Waals surface area contributed by atoms with E-state index in [1.165, 1.54) is 49.7 Å². The fourth-order valence-corrected chi connectivity index (χ4v) is 4.80. The molecule has 2 saturated heterocycles. The Bertz CT molecular complexity index is 581. The van der Waals surface area contributed by atoms with Crippen molar-refractivity contribution in [3.63, 3.8) is 0 Å². The van der Waals surface area contributed by atoms with Gasteiger partial charge in [0.25, 0.3) is 0 Å². The SMILES string of the molecule is Cc1ccccc1C1(CNC(=O)CC2CC3CCC(C2)N3)CC1. The fraction of sp³-hybridized carbons (Fsp3) is 0.650. The second kappa shape index (κ2) is 5.94. The Labute approximate surface area is 139 Å². The Morgan fingerprint density at radius 3 is 2.57 bits per heavy atom. The van der Waals surface area contributed by atoms with E-state index in [0.29, 0.717) is 18.0 Å². The molecule has 2 heterocycles. The van der Waals surface area contributed by atoms with Gasteiger partial charge in [-0.05, 0) is 62.5 Å². The van der Waals surface area contributed by atoms with Gasteiger partial charge in [0.15, 0.2) is 0 Å². The van der Waals surface area contributed by atoms with Crippen LogP contribution < -0.4 is 10.6 Å². The lowest BCUT2D eigenvalue weighted by atomic mass is 9.89. The minimum absolute atomic E-state index is 0.216. The number of piperidine rings is 1. The molecule has 1 aromatic rings. The van der Waals surface area contributed by atoms with Gasteiger partial charge in [-0.15, -0.1) is 0 Å². The quantitative estimate of drug-likeness (QED) is 0.877. The molecule has 23 heavy (non-hydrogen) atoms. The molecule has 0 radical (unpaired) electrons. The largest absolute Gasteiger partial charge is 0.355 e. The predicted octanol–water partition coefficient (Wildman–Crippen LogP) is 3.06. The average Bonchev–Trinajstić information content (AvgIpc) is 3.25. The van der Waals surface area contributed by atoms with Crippen molar-refractivity contribution < 1.29 is 4.79 Å². The van der Waals surface area contributed by atoms with Crippen molar-refractivity contribution in [2.45, 2.75) is 69.4 Å². The van der Waals surface area contributed by atoms with E-state index < -0.39 is 0 Å². The van der Waals surface area contributed by atoms with E-state index in [1.54, 1.807) is 0 Å². The highest BCUT2D eigenvalue weighted by molar-refractivity contribution is 5.76. The maximum atomic E-state index is 12.4. The molecule has 3 nitrogen and oxygen atoms in total. The van der Waals surface area contributed by atoms with Crippen molar-refractivity contribution in [2.24, 2.45) is 5.92 Å². The molecule has 3 aliphatic rings. The third-order valence-electron chi connectivity index (χ3n) is 6.24. The Kier molecular flexibility index (Phi) is 3.92. The van der Waals surface area contributed by atoms with Crippen LogP contribution in [0.2, 0.25) is 0 Å². The molecule has 1 amide bonds. The molecule has 3 fully saturated rings. The van der Waals surface area contributed by atoms with Gasteiger partial charge in [0.2, 0.25) is 5.91 Å². The summed E-state index contributed by atoms with van der Waals surface area (Å²) < 4.78 is 0. The van der Waals surface area contributed by atoms with Gasteiger partial charge in [-0.1, -0.05) is 24.3 Å². The van der Waals surface area contributed by atoms with Gasteiger partial charge < -0.3 is 10.6 Å². The topological polar surface area (TPSA) is 41.1 Å². The van der Waals surface area contributed by atoms with E-state index >= 15 is 0 Å². The van der Waals surface area contributed by atoms with Gasteiger partial charge in [-0.2, -0.15) is 0 Å². The molecule has 2 atom stereocenters. The van der Waals surface area contributed by atoms with Crippen LogP contribution in [0, 0.1) is 12.8 Å². The Hall–Kier alpha value is -1.35. The predicted molar refractivity (Wildman–Crippen MR) is 92.4 cm³/mol. The standard InChI is InChI=1S/C20H28N2O/c1-14-4-2-3-5-18(14)20(8-9-20)13-21-19(23)12-15-10-16-6-7-17(11-15)22-16/h2-5,15-17,22H,6-13H2,1H3,(H,21,23). The van der Waals surface area contributed by atoms with Crippen LogP contribution in [0.1, 0.15) is 56.1 Å². The molecule has 1 aromatic carbocycles. The van der Waals surface area contributed by atoms with Crippen LogP contribution in [0.4, 0.5) is 0 Å². The lowest BCUT2D eigenvalue weighted by Crippen LogP contribution is -2.40. The molecule has 2 aliphatic heterocycles. The molecular formula is C20H28N2O. The van der Waals surface area contributed by atoms with Crippen LogP contribution >= 0.6 is 0 Å². The second-order valence-corrected chi connectivity index (χ2v) is 8.05. The van der Waals surface area contributed by atoms with Crippen LogP contribution in [-0.2, 0) is 10.2 Å². The van der Waals surface area contributed by atoms with Gasteiger partial charge >= 0.3 is 0 Å². The summed E-state index contributed by atoms with van der Waals surface area (Å²) in [4.78, 5) is 12.4. The van der Waals surface area contributed by atoms with Crippen molar-refractivity contribution in [2.75, 3.05) is 6.54 Å². The summed E-state index contributed by atoms with van der Waals surface area (Å²) in [5.74, 6) is 0.846. The Morgan fingerprint density at radius 1 is 1.22 bits per heavy atom. The van der Waals surface area contributed by atoms with E-state index in [4.69, 9.17) is 0 Å². The lowest BCUT2D eigenvalue weighted by molar-refractivity contribution is -0.122. The number of fused-ring (bicyclic) bond motifs is 2. The van der Waals surface area contributed by atoms with E-state index in [0.717, 1.165) is 13.0 Å². The minimum atomic E-state index is 0.216.